The topological polar surface area (TPSA) is 62.4 Å². The zero-order chi connectivity index (χ0) is 36.6. The minimum absolute atomic E-state index is 0.437. The molecule has 0 aliphatic carbocycles. The van der Waals surface area contributed by atoms with Crippen LogP contribution in [0.25, 0.3) is 93.6 Å². The Kier molecular flexibility index (Phi) is 6.61. The van der Waals surface area contributed by atoms with Gasteiger partial charge in [0.25, 0.3) is 0 Å². The molecule has 0 atom stereocenters. The average molecular weight is 700 g/mol. The van der Waals surface area contributed by atoms with E-state index in [4.69, 9.17) is 0 Å². The molecule has 11 rings (SSSR count). The molecule has 11 aromatic rings. The van der Waals surface area contributed by atoms with Crippen molar-refractivity contribution in [2.45, 2.75) is 0 Å². The quantitative estimate of drug-likeness (QED) is 0.184. The molecular formula is C50H29N5. The van der Waals surface area contributed by atoms with Gasteiger partial charge in [0.2, 0.25) is 0 Å². The van der Waals surface area contributed by atoms with Crippen molar-refractivity contribution in [1.82, 2.24) is 13.7 Å². The average Bonchev–Trinajstić information content (AvgIpc) is 3.89. The second kappa shape index (κ2) is 11.8. The van der Waals surface area contributed by atoms with Gasteiger partial charge < -0.3 is 13.7 Å². The van der Waals surface area contributed by atoms with Gasteiger partial charge in [-0.05, 0) is 66.2 Å². The lowest BCUT2D eigenvalue weighted by Crippen LogP contribution is -2.11. The van der Waals surface area contributed by atoms with E-state index >= 15 is 0 Å². The van der Waals surface area contributed by atoms with Gasteiger partial charge in [-0.2, -0.15) is 10.5 Å². The SMILES string of the molecule is N#Cc1cc(C#N)cc(-c2ccc(-n3c4ccccc4c4ccccc43)c(-n3c4ccccc4c4ccccc43)c2-n2c3ccccc3c3ccccc32)c1. The summed E-state index contributed by atoms with van der Waals surface area (Å²) in [5.41, 5.74) is 12.0. The van der Waals surface area contributed by atoms with Crippen LogP contribution in [0.2, 0.25) is 0 Å². The molecule has 5 heteroatoms. The molecule has 55 heavy (non-hydrogen) atoms. The third kappa shape index (κ3) is 4.39. The van der Waals surface area contributed by atoms with Gasteiger partial charge in [-0.25, -0.2) is 0 Å². The van der Waals surface area contributed by atoms with E-state index in [0.29, 0.717) is 11.1 Å². The maximum Gasteiger partial charge on any atom is 0.0992 e. The van der Waals surface area contributed by atoms with Gasteiger partial charge in [0.15, 0.2) is 0 Å². The van der Waals surface area contributed by atoms with Gasteiger partial charge in [-0.1, -0.05) is 115 Å². The first-order valence-corrected chi connectivity index (χ1v) is 18.3. The highest BCUT2D eigenvalue weighted by atomic mass is 15.1. The van der Waals surface area contributed by atoms with Crippen molar-refractivity contribution in [3.8, 4) is 40.3 Å². The summed E-state index contributed by atoms with van der Waals surface area (Å²) in [6.07, 6.45) is 0. The number of fused-ring (bicyclic) bond motifs is 9. The normalized spacial score (nSPS) is 11.6. The second-order valence-electron chi connectivity index (χ2n) is 14.0. The van der Waals surface area contributed by atoms with Crippen molar-refractivity contribution in [1.29, 1.82) is 10.5 Å². The first-order chi connectivity index (χ1) is 27.2. The zero-order valence-electron chi connectivity index (χ0n) is 29.5. The summed E-state index contributed by atoms with van der Waals surface area (Å²) in [7, 11) is 0. The van der Waals surface area contributed by atoms with E-state index in [9.17, 15) is 10.5 Å². The van der Waals surface area contributed by atoms with Crippen molar-refractivity contribution in [3.05, 3.63) is 187 Å². The van der Waals surface area contributed by atoms with Crippen LogP contribution in [0.3, 0.4) is 0 Å². The predicted octanol–water partition coefficient (Wildman–Crippen LogP) is 12.4. The van der Waals surface area contributed by atoms with Crippen LogP contribution in [0.15, 0.2) is 176 Å². The third-order valence-corrected chi connectivity index (χ3v) is 11.1. The number of hydrogen-bond acceptors (Lipinski definition) is 2. The summed E-state index contributed by atoms with van der Waals surface area (Å²) >= 11 is 0. The van der Waals surface area contributed by atoms with E-state index in [2.05, 4.69) is 184 Å². The highest BCUT2D eigenvalue weighted by Crippen LogP contribution is 2.46. The fourth-order valence-corrected chi connectivity index (χ4v) is 8.85. The Balaban J connectivity index is 1.45. The van der Waals surface area contributed by atoms with Gasteiger partial charge in [0.1, 0.15) is 0 Å². The smallest absolute Gasteiger partial charge is 0.0992 e. The van der Waals surface area contributed by atoms with Crippen molar-refractivity contribution in [2.24, 2.45) is 0 Å². The van der Waals surface area contributed by atoms with Gasteiger partial charge in [-0.3, -0.25) is 0 Å². The Labute approximate surface area is 316 Å². The Morgan fingerprint density at radius 2 is 0.655 bits per heavy atom. The number of rotatable bonds is 4. The lowest BCUT2D eigenvalue weighted by Gasteiger charge is -2.25. The molecule has 0 fully saturated rings. The lowest BCUT2D eigenvalue weighted by atomic mass is 9.96. The largest absolute Gasteiger partial charge is 0.307 e. The van der Waals surface area contributed by atoms with Crippen LogP contribution in [-0.2, 0) is 0 Å². The molecule has 3 heterocycles. The fraction of sp³-hybridized carbons (Fsp3) is 0. The van der Waals surface area contributed by atoms with Crippen LogP contribution in [-0.4, -0.2) is 13.7 Å². The summed E-state index contributed by atoms with van der Waals surface area (Å²) < 4.78 is 7.21. The number of aromatic nitrogens is 3. The molecule has 0 bridgehead atoms. The third-order valence-electron chi connectivity index (χ3n) is 11.1. The standard InChI is InChI=1S/C50H29N5/c51-30-32-27-33(31-52)29-34(28-32)35-25-26-48(53-42-19-7-1-13-36(42)37-14-2-8-20-43(37)53)50(55-46-23-11-5-17-40(46)41-18-6-12-24-47(41)55)49(35)54-44-21-9-3-15-38(44)39-16-4-10-22-45(39)54/h1-29H. The number of nitriles is 2. The van der Waals surface area contributed by atoms with E-state index < -0.39 is 0 Å². The Morgan fingerprint density at radius 1 is 0.327 bits per heavy atom. The van der Waals surface area contributed by atoms with Crippen LogP contribution >= 0.6 is 0 Å². The molecule has 0 saturated heterocycles. The fourth-order valence-electron chi connectivity index (χ4n) is 8.85. The number of nitrogens with zero attached hydrogens (tertiary/aromatic N) is 5. The maximum atomic E-state index is 10.2. The second-order valence-corrected chi connectivity index (χ2v) is 14.0. The molecule has 8 aromatic carbocycles. The first-order valence-electron chi connectivity index (χ1n) is 18.3. The van der Waals surface area contributed by atoms with E-state index in [1.165, 1.54) is 10.8 Å². The molecule has 0 aliphatic rings. The van der Waals surface area contributed by atoms with Gasteiger partial charge in [0, 0.05) is 37.9 Å². The van der Waals surface area contributed by atoms with Crippen molar-refractivity contribution in [2.75, 3.05) is 0 Å². The maximum absolute atomic E-state index is 10.2. The zero-order valence-corrected chi connectivity index (χ0v) is 29.5. The first kappa shape index (κ1) is 30.7. The van der Waals surface area contributed by atoms with E-state index in [1.54, 1.807) is 6.07 Å². The molecule has 0 unspecified atom stereocenters. The minimum atomic E-state index is 0.437. The van der Waals surface area contributed by atoms with Crippen LogP contribution in [0.1, 0.15) is 11.1 Å². The van der Waals surface area contributed by atoms with Crippen LogP contribution in [0, 0.1) is 22.7 Å². The molecule has 5 nitrogen and oxygen atoms in total. The van der Waals surface area contributed by atoms with E-state index in [0.717, 1.165) is 82.8 Å². The number of para-hydroxylation sites is 6. The molecule has 0 spiro atoms. The molecule has 0 aliphatic heterocycles. The number of benzene rings is 8. The van der Waals surface area contributed by atoms with Crippen LogP contribution in [0.4, 0.5) is 0 Å². The van der Waals surface area contributed by atoms with Crippen LogP contribution < -0.4 is 0 Å². The highest BCUT2D eigenvalue weighted by Gasteiger charge is 2.27. The molecule has 0 amide bonds. The van der Waals surface area contributed by atoms with Crippen molar-refractivity contribution < 1.29 is 0 Å². The minimum Gasteiger partial charge on any atom is -0.307 e. The molecule has 0 saturated carbocycles. The van der Waals surface area contributed by atoms with E-state index in [1.807, 2.05) is 12.1 Å². The Morgan fingerprint density at radius 3 is 1.02 bits per heavy atom. The van der Waals surface area contributed by atoms with Crippen molar-refractivity contribution >= 4 is 65.4 Å². The van der Waals surface area contributed by atoms with Crippen LogP contribution in [0.5, 0.6) is 0 Å². The van der Waals surface area contributed by atoms with E-state index in [-0.39, 0.29) is 0 Å². The van der Waals surface area contributed by atoms with Gasteiger partial charge in [-0.15, -0.1) is 0 Å². The Bertz CT molecular complexity index is 3280. The highest BCUT2D eigenvalue weighted by molar-refractivity contribution is 6.14. The summed E-state index contributed by atoms with van der Waals surface area (Å²) in [6.45, 7) is 0. The molecule has 0 N–H and O–H groups in total. The summed E-state index contributed by atoms with van der Waals surface area (Å²) in [4.78, 5) is 0. The molecule has 3 aromatic heterocycles. The molecular weight excluding hydrogens is 671 g/mol. The summed E-state index contributed by atoms with van der Waals surface area (Å²) in [6, 6.07) is 66.1. The molecule has 0 radical (unpaired) electrons. The van der Waals surface area contributed by atoms with Crippen molar-refractivity contribution in [3.63, 3.8) is 0 Å². The monoisotopic (exact) mass is 699 g/mol. The number of hydrogen-bond donors (Lipinski definition) is 0. The van der Waals surface area contributed by atoms with Gasteiger partial charge >= 0.3 is 0 Å². The lowest BCUT2D eigenvalue weighted by molar-refractivity contribution is 1.05. The predicted molar refractivity (Wildman–Crippen MR) is 224 cm³/mol. The Hall–Kier alpha value is -7.86. The summed E-state index contributed by atoms with van der Waals surface area (Å²) in [5, 5.41) is 27.4. The van der Waals surface area contributed by atoms with Gasteiger partial charge in [0.05, 0.1) is 73.4 Å². The molecule has 254 valence electrons. The summed E-state index contributed by atoms with van der Waals surface area (Å²) in [5.74, 6) is 0.